The molecule has 8 aromatic carbocycles. The minimum absolute atomic E-state index is 0.650. The van der Waals surface area contributed by atoms with Crippen molar-refractivity contribution in [3.8, 4) is 62.1 Å². The van der Waals surface area contributed by atoms with E-state index in [1.807, 2.05) is 18.2 Å². The van der Waals surface area contributed by atoms with Crippen molar-refractivity contribution in [1.82, 2.24) is 19.5 Å². The molecule has 0 aliphatic rings. The maximum absolute atomic E-state index is 5.11. The Bertz CT molecular complexity index is 3180. The highest BCUT2D eigenvalue weighted by atomic mass is 32.1. The molecule has 0 unspecified atom stereocenters. The number of hydrogen-bond acceptors (Lipinski definition) is 4. The lowest BCUT2D eigenvalue weighted by Gasteiger charge is -2.11. The molecule has 0 aliphatic carbocycles. The fraction of sp³-hybridized carbons (Fsp3) is 0. The van der Waals surface area contributed by atoms with Gasteiger partial charge in [-0.2, -0.15) is 0 Å². The fourth-order valence-electron chi connectivity index (χ4n) is 7.96. The first-order chi connectivity index (χ1) is 27.7. The third-order valence-corrected chi connectivity index (χ3v) is 11.9. The minimum Gasteiger partial charge on any atom is -0.309 e. The summed E-state index contributed by atoms with van der Waals surface area (Å²) in [5.41, 5.74) is 11.1. The molecule has 0 atom stereocenters. The topological polar surface area (TPSA) is 43.6 Å². The zero-order valence-electron chi connectivity index (χ0n) is 30.2. The lowest BCUT2D eigenvalue weighted by molar-refractivity contribution is 1.08. The summed E-state index contributed by atoms with van der Waals surface area (Å²) in [6.07, 6.45) is 0. The lowest BCUT2D eigenvalue weighted by atomic mass is 9.99. The van der Waals surface area contributed by atoms with Gasteiger partial charge in [0.2, 0.25) is 0 Å². The summed E-state index contributed by atoms with van der Waals surface area (Å²) >= 11 is 1.78. The number of para-hydroxylation sites is 2. The first-order valence-electron chi connectivity index (χ1n) is 18.8. The summed E-state index contributed by atoms with van der Waals surface area (Å²) in [6.45, 7) is 0. The maximum Gasteiger partial charge on any atom is 0.165 e. The molecule has 0 N–H and O–H groups in total. The molecule has 0 aliphatic heterocycles. The Labute approximate surface area is 327 Å². The summed E-state index contributed by atoms with van der Waals surface area (Å²) in [4.78, 5) is 15.2. The van der Waals surface area contributed by atoms with Crippen LogP contribution in [0.4, 0.5) is 0 Å². The van der Waals surface area contributed by atoms with Gasteiger partial charge in [0.1, 0.15) is 0 Å². The SMILES string of the molecule is c1ccc(-c2nc(-c3ccc(-c4ccc(-c5cccc(-n6c7ccccc7c7ccccc76)c5)cc4)cc3)nc(-c3cccc4c3sc3ccccc34)n2)cc1. The van der Waals surface area contributed by atoms with Crippen LogP contribution in [-0.2, 0) is 0 Å². The van der Waals surface area contributed by atoms with Crippen LogP contribution < -0.4 is 0 Å². The second-order valence-corrected chi connectivity index (χ2v) is 15.1. The smallest absolute Gasteiger partial charge is 0.165 e. The van der Waals surface area contributed by atoms with E-state index in [0.29, 0.717) is 17.5 Å². The van der Waals surface area contributed by atoms with Crippen molar-refractivity contribution in [3.05, 3.63) is 194 Å². The fourth-order valence-corrected chi connectivity index (χ4v) is 9.17. The van der Waals surface area contributed by atoms with E-state index in [-0.39, 0.29) is 0 Å². The molecule has 11 aromatic rings. The zero-order valence-corrected chi connectivity index (χ0v) is 31.0. The van der Waals surface area contributed by atoms with E-state index in [4.69, 9.17) is 15.0 Å². The number of rotatable bonds is 6. The Morgan fingerprint density at radius 3 is 1.50 bits per heavy atom. The van der Waals surface area contributed by atoms with Crippen LogP contribution in [0.5, 0.6) is 0 Å². The summed E-state index contributed by atoms with van der Waals surface area (Å²) in [5, 5.41) is 5.00. The Morgan fingerprint density at radius 1 is 0.339 bits per heavy atom. The molecular formula is C51H32N4S. The van der Waals surface area contributed by atoms with Crippen LogP contribution in [0.15, 0.2) is 194 Å². The van der Waals surface area contributed by atoms with Crippen LogP contribution in [0.1, 0.15) is 0 Å². The minimum atomic E-state index is 0.650. The van der Waals surface area contributed by atoms with Crippen molar-refractivity contribution in [1.29, 1.82) is 0 Å². The van der Waals surface area contributed by atoms with Crippen molar-refractivity contribution in [3.63, 3.8) is 0 Å². The monoisotopic (exact) mass is 732 g/mol. The van der Waals surface area contributed by atoms with E-state index in [0.717, 1.165) is 33.5 Å². The second kappa shape index (κ2) is 13.3. The molecule has 0 saturated carbocycles. The Morgan fingerprint density at radius 2 is 0.821 bits per heavy atom. The van der Waals surface area contributed by atoms with Gasteiger partial charge in [-0.1, -0.05) is 158 Å². The van der Waals surface area contributed by atoms with Crippen molar-refractivity contribution < 1.29 is 0 Å². The largest absolute Gasteiger partial charge is 0.309 e. The van der Waals surface area contributed by atoms with E-state index in [1.165, 1.54) is 53.1 Å². The van der Waals surface area contributed by atoms with E-state index in [1.54, 1.807) is 11.3 Å². The molecule has 5 heteroatoms. The van der Waals surface area contributed by atoms with Gasteiger partial charge in [0.25, 0.3) is 0 Å². The molecule has 56 heavy (non-hydrogen) atoms. The molecule has 0 bridgehead atoms. The van der Waals surface area contributed by atoms with Crippen molar-refractivity contribution >= 4 is 53.3 Å². The molecule has 0 saturated heterocycles. The quantitative estimate of drug-likeness (QED) is 0.171. The lowest BCUT2D eigenvalue weighted by Crippen LogP contribution is -2.00. The number of fused-ring (bicyclic) bond motifs is 6. The van der Waals surface area contributed by atoms with E-state index in [9.17, 15) is 0 Å². The third-order valence-electron chi connectivity index (χ3n) is 10.7. The van der Waals surface area contributed by atoms with Crippen LogP contribution in [-0.4, -0.2) is 19.5 Å². The maximum atomic E-state index is 5.11. The molecule has 4 nitrogen and oxygen atoms in total. The van der Waals surface area contributed by atoms with Gasteiger partial charge in [0.15, 0.2) is 17.5 Å². The molecule has 3 heterocycles. The second-order valence-electron chi connectivity index (χ2n) is 14.0. The Kier molecular flexibility index (Phi) is 7.64. The standard InChI is InChI=1S/C51H32N4S/c1-2-12-36(13-3-1)49-52-50(54-51(53-49)44-20-11-19-43-42-18-6-9-23-47(42)56-48(43)44)37-30-28-34(29-31-37)33-24-26-35(27-25-33)38-14-10-15-39(32-38)55-45-21-7-4-16-40(45)41-17-5-8-22-46(41)55/h1-32H. The van der Waals surface area contributed by atoms with Gasteiger partial charge in [0.05, 0.1) is 11.0 Å². The van der Waals surface area contributed by atoms with Crippen LogP contribution in [0.25, 0.3) is 104 Å². The van der Waals surface area contributed by atoms with Crippen molar-refractivity contribution in [2.45, 2.75) is 0 Å². The molecule has 11 rings (SSSR count). The normalized spacial score (nSPS) is 11.6. The van der Waals surface area contributed by atoms with Crippen LogP contribution in [0, 0.1) is 0 Å². The molecule has 0 amide bonds. The van der Waals surface area contributed by atoms with Crippen LogP contribution in [0.2, 0.25) is 0 Å². The molecule has 0 fully saturated rings. The zero-order chi connectivity index (χ0) is 37.0. The number of aromatic nitrogens is 4. The Balaban J connectivity index is 0.929. The highest BCUT2D eigenvalue weighted by Crippen LogP contribution is 2.40. The number of nitrogens with zero attached hydrogens (tertiary/aromatic N) is 4. The van der Waals surface area contributed by atoms with Crippen molar-refractivity contribution in [2.75, 3.05) is 0 Å². The average molecular weight is 733 g/mol. The highest BCUT2D eigenvalue weighted by molar-refractivity contribution is 7.26. The van der Waals surface area contributed by atoms with Gasteiger partial charge in [-0.15, -0.1) is 11.3 Å². The number of benzene rings is 8. The van der Waals surface area contributed by atoms with Gasteiger partial charge < -0.3 is 4.57 Å². The summed E-state index contributed by atoms with van der Waals surface area (Å²) in [5.74, 6) is 1.98. The molecule has 0 radical (unpaired) electrons. The Hall–Kier alpha value is -7.21. The predicted molar refractivity (Wildman–Crippen MR) is 234 cm³/mol. The summed E-state index contributed by atoms with van der Waals surface area (Å²) < 4.78 is 4.80. The first-order valence-corrected chi connectivity index (χ1v) is 19.6. The molecule has 3 aromatic heterocycles. The van der Waals surface area contributed by atoms with E-state index in [2.05, 4.69) is 180 Å². The molecular weight excluding hydrogens is 701 g/mol. The van der Waals surface area contributed by atoms with Crippen LogP contribution in [0.3, 0.4) is 0 Å². The number of thiophene rings is 1. The van der Waals surface area contributed by atoms with E-state index < -0.39 is 0 Å². The van der Waals surface area contributed by atoms with E-state index >= 15 is 0 Å². The van der Waals surface area contributed by atoms with Gasteiger partial charge in [0, 0.05) is 53.3 Å². The number of hydrogen-bond donors (Lipinski definition) is 0. The van der Waals surface area contributed by atoms with Gasteiger partial charge >= 0.3 is 0 Å². The summed E-state index contributed by atoms with van der Waals surface area (Å²) in [6, 6.07) is 68.6. The van der Waals surface area contributed by atoms with Gasteiger partial charge in [-0.05, 0) is 58.7 Å². The predicted octanol–water partition coefficient (Wildman–Crippen LogP) is 13.7. The third kappa shape index (κ3) is 5.48. The van der Waals surface area contributed by atoms with Gasteiger partial charge in [-0.3, -0.25) is 0 Å². The highest BCUT2D eigenvalue weighted by Gasteiger charge is 2.17. The van der Waals surface area contributed by atoms with Crippen LogP contribution >= 0.6 is 11.3 Å². The van der Waals surface area contributed by atoms with Crippen molar-refractivity contribution in [2.24, 2.45) is 0 Å². The first kappa shape index (κ1) is 32.2. The molecule has 0 spiro atoms. The average Bonchev–Trinajstić information content (AvgIpc) is 3.83. The van der Waals surface area contributed by atoms with Gasteiger partial charge in [-0.25, -0.2) is 15.0 Å². The molecule has 262 valence electrons. The summed E-state index contributed by atoms with van der Waals surface area (Å²) in [7, 11) is 0.